The van der Waals surface area contributed by atoms with Crippen LogP contribution in [0.25, 0.3) is 10.9 Å². The largest absolute Gasteiger partial charge is 0.497 e. The van der Waals surface area contributed by atoms with E-state index in [4.69, 9.17) is 4.74 Å². The first kappa shape index (κ1) is 22.6. The number of benzene rings is 2. The summed E-state index contributed by atoms with van der Waals surface area (Å²) in [5.41, 5.74) is 3.60. The molecule has 0 saturated carbocycles. The highest BCUT2D eigenvalue weighted by Gasteiger charge is 2.17. The molecule has 5 heteroatoms. The number of carbonyl (C=O) groups is 1. The molecule has 0 bridgehead atoms. The molecule has 1 heterocycles. The van der Waals surface area contributed by atoms with Crippen LogP contribution in [-0.4, -0.2) is 24.4 Å². The Morgan fingerprint density at radius 1 is 1.07 bits per heavy atom. The number of alkyl halides is 1. The minimum Gasteiger partial charge on any atom is -0.497 e. The zero-order valence-electron chi connectivity index (χ0n) is 16.9. The third-order valence-electron chi connectivity index (χ3n) is 4.16. The highest BCUT2D eigenvalue weighted by Crippen LogP contribution is 2.22. The lowest BCUT2D eigenvalue weighted by Gasteiger charge is -2.14. The van der Waals surface area contributed by atoms with E-state index in [1.807, 2.05) is 76.2 Å². The fraction of sp³-hybridized carbons (Fsp3) is 0.318. The molecule has 27 heavy (non-hydrogen) atoms. The second-order valence-corrected chi connectivity index (χ2v) is 5.64. The number of aromatic amines is 1. The second-order valence-electron chi connectivity index (χ2n) is 5.64. The summed E-state index contributed by atoms with van der Waals surface area (Å²) < 4.78 is 5.16. The Morgan fingerprint density at radius 2 is 1.67 bits per heavy atom. The number of H-pyrrole nitrogens is 1. The van der Waals surface area contributed by atoms with Crippen LogP contribution in [0, 0.1) is 6.92 Å². The van der Waals surface area contributed by atoms with Crippen LogP contribution < -0.4 is 10.1 Å². The number of hydrogen-bond acceptors (Lipinski definition) is 2. The van der Waals surface area contributed by atoms with Crippen LogP contribution in [0.5, 0.6) is 5.75 Å². The lowest BCUT2D eigenvalue weighted by molar-refractivity contribution is 0.0935. The van der Waals surface area contributed by atoms with Crippen molar-refractivity contribution in [2.45, 2.75) is 33.7 Å². The first-order chi connectivity index (χ1) is 13.1. The number of methoxy groups -OCH3 is 1. The number of rotatable bonds is 4. The van der Waals surface area contributed by atoms with Gasteiger partial charge in [-0.2, -0.15) is 0 Å². The van der Waals surface area contributed by atoms with Gasteiger partial charge in [-0.05, 0) is 43.2 Å². The molecular weight excluding hydrogens is 360 g/mol. The molecule has 1 atom stereocenters. The molecule has 0 aliphatic heterocycles. The van der Waals surface area contributed by atoms with E-state index < -0.39 is 0 Å². The fourth-order valence-electron chi connectivity index (χ4n) is 2.75. The van der Waals surface area contributed by atoms with Gasteiger partial charge >= 0.3 is 0 Å². The molecule has 0 spiro atoms. The van der Waals surface area contributed by atoms with Gasteiger partial charge in [0.25, 0.3) is 5.91 Å². The summed E-state index contributed by atoms with van der Waals surface area (Å²) in [4.78, 5) is 15.8. The van der Waals surface area contributed by atoms with Crippen molar-refractivity contribution in [1.82, 2.24) is 10.3 Å². The van der Waals surface area contributed by atoms with Crippen molar-refractivity contribution in [3.05, 3.63) is 65.4 Å². The summed E-state index contributed by atoms with van der Waals surface area (Å²) in [6, 6.07) is 15.6. The maximum atomic E-state index is 12.6. The third kappa shape index (κ3) is 5.51. The Morgan fingerprint density at radius 3 is 2.22 bits per heavy atom. The van der Waals surface area contributed by atoms with Crippen LogP contribution in [-0.2, 0) is 0 Å². The normalized spacial score (nSPS) is 10.8. The molecule has 3 rings (SSSR count). The molecule has 3 aromatic rings. The third-order valence-corrected chi connectivity index (χ3v) is 4.16. The Balaban J connectivity index is 0.000000855. The van der Waals surface area contributed by atoms with Gasteiger partial charge in [0.15, 0.2) is 0 Å². The molecule has 146 valence electrons. The summed E-state index contributed by atoms with van der Waals surface area (Å²) in [6.07, 6.45) is 1.47. The standard InChI is InChI=1S/C19H20N2O2.C2H6.CH3Cl/c1-12-16-6-4-5-7-17(16)21-18(12)19(22)20-13(2)14-8-10-15(23-3)11-9-14;2*1-2/h4-11,13,21H,1-3H3,(H,20,22);1-2H3;1H3. The van der Waals surface area contributed by atoms with Crippen LogP contribution in [0.1, 0.15) is 48.4 Å². The Labute approximate surface area is 166 Å². The smallest absolute Gasteiger partial charge is 0.268 e. The van der Waals surface area contributed by atoms with Gasteiger partial charge in [-0.1, -0.05) is 44.2 Å². The van der Waals surface area contributed by atoms with Crippen LogP contribution >= 0.6 is 11.6 Å². The van der Waals surface area contributed by atoms with Crippen molar-refractivity contribution in [3.63, 3.8) is 0 Å². The van der Waals surface area contributed by atoms with Crippen molar-refractivity contribution in [1.29, 1.82) is 0 Å². The summed E-state index contributed by atoms with van der Waals surface area (Å²) in [6.45, 7) is 7.93. The Bertz CT molecular complexity index is 841. The van der Waals surface area contributed by atoms with Crippen molar-refractivity contribution in [3.8, 4) is 5.75 Å². The molecule has 1 unspecified atom stereocenters. The van der Waals surface area contributed by atoms with E-state index >= 15 is 0 Å². The van der Waals surface area contributed by atoms with E-state index in [2.05, 4.69) is 21.9 Å². The molecule has 0 saturated heterocycles. The van der Waals surface area contributed by atoms with Gasteiger partial charge < -0.3 is 15.0 Å². The summed E-state index contributed by atoms with van der Waals surface area (Å²) >= 11 is 4.64. The van der Waals surface area contributed by atoms with E-state index in [1.165, 1.54) is 6.38 Å². The van der Waals surface area contributed by atoms with Gasteiger partial charge in [0.2, 0.25) is 0 Å². The molecule has 0 fully saturated rings. The van der Waals surface area contributed by atoms with Gasteiger partial charge in [-0.15, -0.1) is 11.6 Å². The lowest BCUT2D eigenvalue weighted by atomic mass is 10.1. The minimum absolute atomic E-state index is 0.0841. The monoisotopic (exact) mass is 388 g/mol. The van der Waals surface area contributed by atoms with E-state index in [9.17, 15) is 4.79 Å². The SMILES string of the molecule is CC.CCl.COc1ccc(C(C)NC(=O)c2[nH]c3ccccc3c2C)cc1. The molecule has 1 amide bonds. The minimum atomic E-state index is -0.0954. The number of nitrogens with one attached hydrogen (secondary N) is 2. The first-order valence-corrected chi connectivity index (χ1v) is 9.75. The first-order valence-electron chi connectivity index (χ1n) is 9.00. The Kier molecular flexibility index (Phi) is 9.45. The van der Waals surface area contributed by atoms with Gasteiger partial charge in [0.05, 0.1) is 13.2 Å². The predicted molar refractivity (Wildman–Crippen MR) is 115 cm³/mol. The van der Waals surface area contributed by atoms with Crippen molar-refractivity contribution in [2.24, 2.45) is 0 Å². The number of aromatic nitrogens is 1. The number of aryl methyl sites for hydroxylation is 1. The fourth-order valence-corrected chi connectivity index (χ4v) is 2.75. The van der Waals surface area contributed by atoms with Gasteiger partial charge in [0, 0.05) is 17.3 Å². The van der Waals surface area contributed by atoms with Crippen molar-refractivity contribution >= 4 is 28.4 Å². The molecule has 1 aromatic heterocycles. The summed E-state index contributed by atoms with van der Waals surface area (Å²) in [5.74, 6) is 0.709. The van der Waals surface area contributed by atoms with Crippen LogP contribution in [0.3, 0.4) is 0 Å². The topological polar surface area (TPSA) is 54.1 Å². The van der Waals surface area contributed by atoms with Crippen molar-refractivity contribution in [2.75, 3.05) is 13.5 Å². The molecular formula is C22H29ClN2O2. The number of fused-ring (bicyclic) bond motifs is 1. The second kappa shape index (κ2) is 11.3. The summed E-state index contributed by atoms with van der Waals surface area (Å²) in [7, 11) is 1.64. The quantitative estimate of drug-likeness (QED) is 0.550. The predicted octanol–water partition coefficient (Wildman–Crippen LogP) is 5.86. The molecule has 2 N–H and O–H groups in total. The van der Waals surface area contributed by atoms with E-state index in [0.717, 1.165) is 27.8 Å². The van der Waals surface area contributed by atoms with Crippen LogP contribution in [0.4, 0.5) is 0 Å². The number of hydrogen-bond donors (Lipinski definition) is 2. The highest BCUT2D eigenvalue weighted by atomic mass is 35.5. The number of ether oxygens (including phenoxy) is 1. The number of carbonyl (C=O) groups excluding carboxylic acids is 1. The van der Waals surface area contributed by atoms with E-state index in [0.29, 0.717) is 5.69 Å². The van der Waals surface area contributed by atoms with Crippen LogP contribution in [0.15, 0.2) is 48.5 Å². The molecule has 0 radical (unpaired) electrons. The number of halogens is 1. The lowest BCUT2D eigenvalue weighted by Crippen LogP contribution is -2.27. The average Bonchev–Trinajstić information content (AvgIpc) is 3.08. The maximum absolute atomic E-state index is 12.6. The average molecular weight is 389 g/mol. The van der Waals surface area contributed by atoms with Crippen molar-refractivity contribution < 1.29 is 9.53 Å². The maximum Gasteiger partial charge on any atom is 0.268 e. The van der Waals surface area contributed by atoms with Gasteiger partial charge in [0.1, 0.15) is 11.4 Å². The van der Waals surface area contributed by atoms with E-state index in [1.54, 1.807) is 7.11 Å². The molecule has 0 aliphatic rings. The van der Waals surface area contributed by atoms with Gasteiger partial charge in [-0.25, -0.2) is 0 Å². The highest BCUT2D eigenvalue weighted by molar-refractivity contribution is 6.15. The van der Waals surface area contributed by atoms with E-state index in [-0.39, 0.29) is 11.9 Å². The zero-order chi connectivity index (χ0) is 20.4. The zero-order valence-corrected chi connectivity index (χ0v) is 17.6. The Hall–Kier alpha value is -2.46. The molecule has 4 nitrogen and oxygen atoms in total. The summed E-state index contributed by atoms with van der Waals surface area (Å²) in [5, 5.41) is 4.12. The van der Waals surface area contributed by atoms with Gasteiger partial charge in [-0.3, -0.25) is 4.79 Å². The number of amides is 1. The molecule has 0 aliphatic carbocycles. The molecule has 2 aromatic carbocycles. The van der Waals surface area contributed by atoms with Crippen LogP contribution in [0.2, 0.25) is 0 Å². The number of para-hydroxylation sites is 1.